The van der Waals surface area contributed by atoms with E-state index in [0.29, 0.717) is 6.54 Å². The van der Waals surface area contributed by atoms with Crippen LogP contribution in [0.1, 0.15) is 34.6 Å². The van der Waals surface area contributed by atoms with Crippen molar-refractivity contribution in [1.82, 2.24) is 4.90 Å². The van der Waals surface area contributed by atoms with Gasteiger partial charge >= 0.3 is 0 Å². The Morgan fingerprint density at radius 3 is 2.70 bits per heavy atom. The summed E-state index contributed by atoms with van der Waals surface area (Å²) in [6.45, 7) is 6.26. The lowest BCUT2D eigenvalue weighted by Gasteiger charge is -2.26. The van der Waals surface area contributed by atoms with Gasteiger partial charge in [0, 0.05) is 10.9 Å². The lowest BCUT2D eigenvalue weighted by molar-refractivity contribution is 0.0687. The Hall–Kier alpha value is -1.68. The second-order valence-corrected chi connectivity index (χ2v) is 6.12. The molecule has 106 valence electrons. The highest BCUT2D eigenvalue weighted by atomic mass is 32.1. The van der Waals surface area contributed by atoms with Crippen LogP contribution in [0.2, 0.25) is 0 Å². The van der Waals surface area contributed by atoms with Crippen LogP contribution in [0.15, 0.2) is 35.7 Å². The van der Waals surface area contributed by atoms with Gasteiger partial charge in [-0.15, -0.1) is 11.3 Å². The average Bonchev–Trinajstić information content (AvgIpc) is 2.90. The maximum absolute atomic E-state index is 13.9. The molecule has 1 heterocycles. The number of aryl methyl sites for hydroxylation is 1. The van der Waals surface area contributed by atoms with Crippen LogP contribution >= 0.6 is 11.3 Å². The van der Waals surface area contributed by atoms with Crippen molar-refractivity contribution in [2.45, 2.75) is 33.4 Å². The molecule has 0 aliphatic carbocycles. The van der Waals surface area contributed by atoms with E-state index in [1.165, 1.54) is 6.07 Å². The van der Waals surface area contributed by atoms with Gasteiger partial charge in [0.1, 0.15) is 5.82 Å². The third-order valence-corrected chi connectivity index (χ3v) is 4.00. The molecule has 1 aromatic heterocycles. The van der Waals surface area contributed by atoms with Crippen LogP contribution in [0, 0.1) is 12.7 Å². The van der Waals surface area contributed by atoms with Gasteiger partial charge in [-0.2, -0.15) is 0 Å². The fourth-order valence-electron chi connectivity index (χ4n) is 2.02. The first-order chi connectivity index (χ1) is 9.49. The first kappa shape index (κ1) is 14.7. The molecule has 0 aliphatic rings. The van der Waals surface area contributed by atoms with E-state index in [4.69, 9.17) is 0 Å². The van der Waals surface area contributed by atoms with E-state index < -0.39 is 5.82 Å². The fourth-order valence-corrected chi connectivity index (χ4v) is 2.72. The van der Waals surface area contributed by atoms with E-state index in [9.17, 15) is 9.18 Å². The van der Waals surface area contributed by atoms with Gasteiger partial charge in [-0.25, -0.2) is 4.39 Å². The number of hydrogen-bond acceptors (Lipinski definition) is 2. The highest BCUT2D eigenvalue weighted by Crippen LogP contribution is 2.19. The van der Waals surface area contributed by atoms with Gasteiger partial charge in [-0.3, -0.25) is 4.79 Å². The summed E-state index contributed by atoms with van der Waals surface area (Å²) in [5, 5.41) is 1.98. The molecule has 0 fully saturated rings. The molecule has 4 heteroatoms. The number of halogens is 1. The second-order valence-electron chi connectivity index (χ2n) is 5.09. The van der Waals surface area contributed by atoms with Crippen LogP contribution in [-0.2, 0) is 6.54 Å². The molecule has 0 unspecified atom stereocenters. The van der Waals surface area contributed by atoms with Crippen molar-refractivity contribution in [1.29, 1.82) is 0 Å². The summed E-state index contributed by atoms with van der Waals surface area (Å²) < 4.78 is 13.9. The summed E-state index contributed by atoms with van der Waals surface area (Å²) in [4.78, 5) is 15.4. The monoisotopic (exact) mass is 291 g/mol. The predicted molar refractivity (Wildman–Crippen MR) is 80.5 cm³/mol. The third kappa shape index (κ3) is 3.25. The molecule has 0 saturated heterocycles. The molecule has 0 aliphatic heterocycles. The van der Waals surface area contributed by atoms with Gasteiger partial charge in [0.15, 0.2) is 0 Å². The highest BCUT2D eigenvalue weighted by molar-refractivity contribution is 7.09. The number of rotatable bonds is 4. The Kier molecular flexibility index (Phi) is 4.55. The third-order valence-electron chi connectivity index (χ3n) is 3.14. The minimum absolute atomic E-state index is 0.0181. The SMILES string of the molecule is Cc1ccc(F)c(C(=O)N(Cc2cccs2)C(C)C)c1. The zero-order valence-electron chi connectivity index (χ0n) is 11.9. The van der Waals surface area contributed by atoms with Gasteiger partial charge in [0.05, 0.1) is 12.1 Å². The molecule has 0 bridgehead atoms. The van der Waals surface area contributed by atoms with Gasteiger partial charge in [0.2, 0.25) is 0 Å². The average molecular weight is 291 g/mol. The van der Waals surface area contributed by atoms with Gasteiger partial charge in [-0.05, 0) is 44.4 Å². The van der Waals surface area contributed by atoms with Crippen molar-refractivity contribution in [3.8, 4) is 0 Å². The molecule has 0 N–H and O–H groups in total. The summed E-state index contributed by atoms with van der Waals surface area (Å²) >= 11 is 1.60. The lowest BCUT2D eigenvalue weighted by Crippen LogP contribution is -2.36. The van der Waals surface area contributed by atoms with E-state index in [0.717, 1.165) is 10.4 Å². The maximum Gasteiger partial charge on any atom is 0.257 e. The largest absolute Gasteiger partial charge is 0.331 e. The van der Waals surface area contributed by atoms with Crippen molar-refractivity contribution < 1.29 is 9.18 Å². The molecule has 0 spiro atoms. The number of carbonyl (C=O) groups is 1. The Bertz CT molecular complexity index is 593. The molecule has 2 nitrogen and oxygen atoms in total. The number of thiophene rings is 1. The van der Waals surface area contributed by atoms with Crippen LogP contribution in [-0.4, -0.2) is 16.8 Å². The smallest absolute Gasteiger partial charge is 0.257 e. The van der Waals surface area contributed by atoms with Crippen molar-refractivity contribution in [2.75, 3.05) is 0 Å². The summed E-state index contributed by atoms with van der Waals surface area (Å²) in [7, 11) is 0. The number of nitrogens with zero attached hydrogens (tertiary/aromatic N) is 1. The van der Waals surface area contributed by atoms with Crippen molar-refractivity contribution in [3.63, 3.8) is 0 Å². The van der Waals surface area contributed by atoms with Crippen LogP contribution in [0.25, 0.3) is 0 Å². The van der Waals surface area contributed by atoms with E-state index in [1.807, 2.05) is 38.3 Å². The molecular weight excluding hydrogens is 273 g/mol. The Morgan fingerprint density at radius 1 is 1.35 bits per heavy atom. The van der Waals surface area contributed by atoms with Crippen LogP contribution in [0.4, 0.5) is 4.39 Å². The minimum Gasteiger partial charge on any atom is -0.331 e. The molecule has 0 saturated carbocycles. The Labute approximate surface area is 122 Å². The molecule has 20 heavy (non-hydrogen) atoms. The van der Waals surface area contributed by atoms with Crippen molar-refractivity contribution in [3.05, 3.63) is 57.5 Å². The topological polar surface area (TPSA) is 20.3 Å². The van der Waals surface area contributed by atoms with Gasteiger partial charge in [0.25, 0.3) is 5.91 Å². The first-order valence-electron chi connectivity index (χ1n) is 6.58. The van der Waals surface area contributed by atoms with Gasteiger partial charge < -0.3 is 4.90 Å². The summed E-state index contributed by atoms with van der Waals surface area (Å²) in [5.74, 6) is -0.716. The number of hydrogen-bond donors (Lipinski definition) is 0. The molecule has 2 aromatic rings. The second kappa shape index (κ2) is 6.18. The minimum atomic E-state index is -0.461. The quantitative estimate of drug-likeness (QED) is 0.825. The summed E-state index contributed by atoms with van der Waals surface area (Å²) in [6, 6.07) is 8.60. The fraction of sp³-hybridized carbons (Fsp3) is 0.312. The van der Waals surface area contributed by atoms with E-state index in [-0.39, 0.29) is 17.5 Å². The van der Waals surface area contributed by atoms with Crippen LogP contribution in [0.5, 0.6) is 0 Å². The Balaban J connectivity index is 2.29. The number of benzene rings is 1. The molecule has 1 aromatic carbocycles. The molecule has 1 amide bonds. The molecule has 2 rings (SSSR count). The van der Waals surface area contributed by atoms with E-state index >= 15 is 0 Å². The standard InChI is InChI=1S/C16H18FNOS/c1-11(2)18(10-13-5-4-8-20-13)16(19)14-9-12(3)6-7-15(14)17/h4-9,11H,10H2,1-3H3. The highest BCUT2D eigenvalue weighted by Gasteiger charge is 2.22. The maximum atomic E-state index is 13.9. The summed E-state index contributed by atoms with van der Waals surface area (Å²) in [6.07, 6.45) is 0. The summed E-state index contributed by atoms with van der Waals surface area (Å²) in [5.41, 5.74) is 1.03. The molecule has 0 radical (unpaired) electrons. The Morgan fingerprint density at radius 2 is 2.10 bits per heavy atom. The first-order valence-corrected chi connectivity index (χ1v) is 7.46. The van der Waals surface area contributed by atoms with Crippen LogP contribution < -0.4 is 0 Å². The lowest BCUT2D eigenvalue weighted by atomic mass is 10.1. The number of amides is 1. The van der Waals surface area contributed by atoms with Crippen molar-refractivity contribution >= 4 is 17.2 Å². The van der Waals surface area contributed by atoms with Crippen molar-refractivity contribution in [2.24, 2.45) is 0 Å². The molecular formula is C16H18FNOS. The van der Waals surface area contributed by atoms with E-state index in [1.54, 1.807) is 28.4 Å². The van der Waals surface area contributed by atoms with E-state index in [2.05, 4.69) is 0 Å². The van der Waals surface area contributed by atoms with Gasteiger partial charge in [-0.1, -0.05) is 17.7 Å². The zero-order chi connectivity index (χ0) is 14.7. The van der Waals surface area contributed by atoms with Crippen LogP contribution in [0.3, 0.4) is 0 Å². The molecule has 0 atom stereocenters. The number of carbonyl (C=O) groups excluding carboxylic acids is 1. The predicted octanol–water partition coefficient (Wildman–Crippen LogP) is 4.25. The zero-order valence-corrected chi connectivity index (χ0v) is 12.7. The normalized spacial score (nSPS) is 10.8.